The van der Waals surface area contributed by atoms with Gasteiger partial charge in [-0.3, -0.25) is 0 Å². The molecule has 1 aliphatic carbocycles. The lowest BCUT2D eigenvalue weighted by Gasteiger charge is -2.11. The van der Waals surface area contributed by atoms with E-state index in [4.69, 9.17) is 5.11 Å². The van der Waals surface area contributed by atoms with Crippen molar-refractivity contribution in [2.75, 3.05) is 5.32 Å². The number of nitrogens with one attached hydrogen (secondary N) is 1. The second kappa shape index (κ2) is 4.17. The summed E-state index contributed by atoms with van der Waals surface area (Å²) in [5.41, 5.74) is 1.29. The largest absolute Gasteiger partial charge is 0.478 e. The maximum atomic E-state index is 10.6. The molecule has 0 spiro atoms. The van der Waals surface area contributed by atoms with Crippen LogP contribution in [-0.2, 0) is 0 Å². The first-order valence-electron chi connectivity index (χ1n) is 5.02. The Balaban J connectivity index is 2.03. The highest BCUT2D eigenvalue weighted by Gasteiger charge is 2.08. The molecule has 0 heterocycles. The molecule has 1 aliphatic rings. The van der Waals surface area contributed by atoms with Gasteiger partial charge in [-0.05, 0) is 37.1 Å². The monoisotopic (exact) mass is 203 g/mol. The van der Waals surface area contributed by atoms with Gasteiger partial charge in [0, 0.05) is 11.7 Å². The van der Waals surface area contributed by atoms with Gasteiger partial charge in [0.05, 0.1) is 5.56 Å². The van der Waals surface area contributed by atoms with E-state index >= 15 is 0 Å². The summed E-state index contributed by atoms with van der Waals surface area (Å²) in [6, 6.07) is 7.22. The molecule has 3 nitrogen and oxygen atoms in total. The number of hydrogen-bond acceptors (Lipinski definition) is 2. The molecule has 1 atom stereocenters. The number of hydrogen-bond donors (Lipinski definition) is 2. The van der Waals surface area contributed by atoms with Gasteiger partial charge < -0.3 is 10.4 Å². The highest BCUT2D eigenvalue weighted by atomic mass is 16.4. The fourth-order valence-corrected chi connectivity index (χ4v) is 1.68. The summed E-state index contributed by atoms with van der Waals surface area (Å²) in [5.74, 6) is -0.887. The van der Waals surface area contributed by atoms with E-state index in [1.165, 1.54) is 0 Å². The predicted octanol–water partition coefficient (Wildman–Crippen LogP) is 2.52. The molecule has 0 fully saturated rings. The minimum Gasteiger partial charge on any atom is -0.478 e. The van der Waals surface area contributed by atoms with Crippen molar-refractivity contribution in [1.82, 2.24) is 0 Å². The number of carboxylic acid groups (broad SMARTS) is 1. The molecular formula is C12H13NO2. The highest BCUT2D eigenvalue weighted by Crippen LogP contribution is 2.16. The molecule has 1 aromatic rings. The fraction of sp³-hybridized carbons (Fsp3) is 0.250. The van der Waals surface area contributed by atoms with E-state index in [1.54, 1.807) is 24.3 Å². The van der Waals surface area contributed by atoms with Gasteiger partial charge in [0.2, 0.25) is 0 Å². The van der Waals surface area contributed by atoms with Gasteiger partial charge in [0.1, 0.15) is 0 Å². The Labute approximate surface area is 88.4 Å². The van der Waals surface area contributed by atoms with Crippen molar-refractivity contribution in [3.8, 4) is 0 Å². The quantitative estimate of drug-likeness (QED) is 0.742. The Bertz CT molecular complexity index is 381. The third-order valence-corrected chi connectivity index (χ3v) is 2.50. The Hall–Kier alpha value is -1.77. The van der Waals surface area contributed by atoms with Crippen molar-refractivity contribution in [1.29, 1.82) is 0 Å². The zero-order valence-corrected chi connectivity index (χ0v) is 8.31. The van der Waals surface area contributed by atoms with Crippen LogP contribution in [0.4, 0.5) is 5.69 Å². The van der Waals surface area contributed by atoms with Crippen molar-refractivity contribution in [2.45, 2.75) is 18.9 Å². The average Bonchev–Trinajstić information content (AvgIpc) is 2.71. The zero-order valence-electron chi connectivity index (χ0n) is 8.31. The molecule has 78 valence electrons. The summed E-state index contributed by atoms with van der Waals surface area (Å²) in [6.45, 7) is 0. The van der Waals surface area contributed by atoms with Crippen molar-refractivity contribution in [2.24, 2.45) is 0 Å². The molecule has 0 aliphatic heterocycles. The fourth-order valence-electron chi connectivity index (χ4n) is 1.68. The van der Waals surface area contributed by atoms with Crippen LogP contribution in [0.15, 0.2) is 36.4 Å². The van der Waals surface area contributed by atoms with E-state index in [1.807, 2.05) is 0 Å². The van der Waals surface area contributed by atoms with Crippen LogP contribution < -0.4 is 5.32 Å². The number of allylic oxidation sites excluding steroid dienone is 1. The van der Waals surface area contributed by atoms with Crippen LogP contribution in [0.5, 0.6) is 0 Å². The van der Waals surface area contributed by atoms with Crippen LogP contribution in [0, 0.1) is 0 Å². The molecule has 1 unspecified atom stereocenters. The van der Waals surface area contributed by atoms with Gasteiger partial charge in [0.15, 0.2) is 0 Å². The summed E-state index contributed by atoms with van der Waals surface area (Å²) in [5, 5.41) is 12.1. The van der Waals surface area contributed by atoms with Gasteiger partial charge in [-0.15, -0.1) is 0 Å². The zero-order chi connectivity index (χ0) is 10.7. The van der Waals surface area contributed by atoms with Gasteiger partial charge in [-0.1, -0.05) is 12.2 Å². The van der Waals surface area contributed by atoms with Crippen LogP contribution in [0.25, 0.3) is 0 Å². The lowest BCUT2D eigenvalue weighted by Crippen LogP contribution is -2.13. The molecule has 3 heteroatoms. The van der Waals surface area contributed by atoms with Crippen LogP contribution >= 0.6 is 0 Å². The van der Waals surface area contributed by atoms with Crippen LogP contribution in [0.3, 0.4) is 0 Å². The molecule has 2 N–H and O–H groups in total. The average molecular weight is 203 g/mol. The van der Waals surface area contributed by atoms with E-state index in [0.717, 1.165) is 18.5 Å². The molecule has 0 bridgehead atoms. The highest BCUT2D eigenvalue weighted by molar-refractivity contribution is 5.88. The lowest BCUT2D eigenvalue weighted by atomic mass is 10.2. The lowest BCUT2D eigenvalue weighted by molar-refractivity contribution is 0.0697. The molecule has 0 aromatic heterocycles. The molecule has 15 heavy (non-hydrogen) atoms. The standard InChI is InChI=1S/C12H13NO2/c14-12(15)9-5-7-11(8-6-9)13-10-3-1-2-4-10/h1,3,5-8,10,13H,2,4H2,(H,14,15). The Kier molecular flexibility index (Phi) is 2.72. The predicted molar refractivity (Wildman–Crippen MR) is 59.2 cm³/mol. The topological polar surface area (TPSA) is 49.3 Å². The Morgan fingerprint density at radius 2 is 2.07 bits per heavy atom. The van der Waals surface area contributed by atoms with Crippen molar-refractivity contribution >= 4 is 11.7 Å². The molecule has 0 radical (unpaired) electrons. The normalized spacial score (nSPS) is 19.1. The molecule has 0 saturated heterocycles. The third kappa shape index (κ3) is 2.37. The summed E-state index contributed by atoms with van der Waals surface area (Å²) in [7, 11) is 0. The summed E-state index contributed by atoms with van der Waals surface area (Å²) < 4.78 is 0. The SMILES string of the molecule is O=C(O)c1ccc(NC2C=CCC2)cc1. The first-order valence-corrected chi connectivity index (χ1v) is 5.02. The second-order valence-electron chi connectivity index (χ2n) is 3.64. The Morgan fingerprint density at radius 3 is 2.60 bits per heavy atom. The Morgan fingerprint density at radius 1 is 1.33 bits per heavy atom. The molecular weight excluding hydrogens is 190 g/mol. The van der Waals surface area contributed by atoms with Gasteiger partial charge in [-0.2, -0.15) is 0 Å². The van der Waals surface area contributed by atoms with E-state index in [2.05, 4.69) is 17.5 Å². The number of anilines is 1. The van der Waals surface area contributed by atoms with Gasteiger partial charge in [0.25, 0.3) is 0 Å². The first kappa shape index (κ1) is 9.77. The van der Waals surface area contributed by atoms with Crippen molar-refractivity contribution in [3.05, 3.63) is 42.0 Å². The maximum Gasteiger partial charge on any atom is 0.335 e. The molecule has 2 rings (SSSR count). The van der Waals surface area contributed by atoms with Gasteiger partial charge in [-0.25, -0.2) is 4.79 Å². The second-order valence-corrected chi connectivity index (χ2v) is 3.64. The minimum atomic E-state index is -0.887. The number of benzene rings is 1. The minimum absolute atomic E-state index is 0.322. The maximum absolute atomic E-state index is 10.6. The number of aromatic carboxylic acids is 1. The van der Waals surface area contributed by atoms with Crippen LogP contribution in [0.1, 0.15) is 23.2 Å². The van der Waals surface area contributed by atoms with Gasteiger partial charge >= 0.3 is 5.97 Å². The van der Waals surface area contributed by atoms with E-state index in [9.17, 15) is 4.79 Å². The number of carboxylic acids is 1. The van der Waals surface area contributed by atoms with E-state index < -0.39 is 5.97 Å². The van der Waals surface area contributed by atoms with Crippen molar-refractivity contribution in [3.63, 3.8) is 0 Å². The number of rotatable bonds is 3. The van der Waals surface area contributed by atoms with Crippen molar-refractivity contribution < 1.29 is 9.90 Å². The van der Waals surface area contributed by atoms with Crippen LogP contribution in [0.2, 0.25) is 0 Å². The van der Waals surface area contributed by atoms with Crippen LogP contribution in [-0.4, -0.2) is 17.1 Å². The smallest absolute Gasteiger partial charge is 0.335 e. The summed E-state index contributed by atoms with van der Waals surface area (Å²) in [6.07, 6.45) is 6.53. The third-order valence-electron chi connectivity index (χ3n) is 2.50. The first-order chi connectivity index (χ1) is 7.25. The molecule has 0 amide bonds. The molecule has 0 saturated carbocycles. The van der Waals surface area contributed by atoms with E-state index in [0.29, 0.717) is 11.6 Å². The van der Waals surface area contributed by atoms with E-state index in [-0.39, 0.29) is 0 Å². The summed E-state index contributed by atoms with van der Waals surface area (Å²) >= 11 is 0. The molecule has 1 aromatic carbocycles. The number of carbonyl (C=O) groups is 1. The summed E-state index contributed by atoms with van der Waals surface area (Å²) in [4.78, 5) is 10.6.